The Hall–Kier alpha value is -3.36. The number of hydrogen-bond donors (Lipinski definition) is 3. The van der Waals surface area contributed by atoms with E-state index in [1.165, 1.54) is 12.1 Å². The number of nitrogens with one attached hydrogen (secondary N) is 2. The summed E-state index contributed by atoms with van der Waals surface area (Å²) >= 11 is 0. The van der Waals surface area contributed by atoms with E-state index in [0.29, 0.717) is 18.7 Å². The van der Waals surface area contributed by atoms with Gasteiger partial charge < -0.3 is 20.6 Å². The second kappa shape index (κ2) is 7.26. The number of aromatic carboxylic acids is 1. The smallest absolute Gasteiger partial charge is 0.335 e. The van der Waals surface area contributed by atoms with E-state index in [9.17, 15) is 14.4 Å². The van der Waals surface area contributed by atoms with Crippen molar-refractivity contribution < 1.29 is 19.5 Å². The normalized spacial score (nSPS) is 16.6. The Morgan fingerprint density at radius 2 is 2.04 bits per heavy atom. The topological polar surface area (TPSA) is 117 Å². The molecule has 0 radical (unpaired) electrons. The number of carboxylic acids is 1. The van der Waals surface area contributed by atoms with Gasteiger partial charge in [0.2, 0.25) is 5.91 Å². The van der Waals surface area contributed by atoms with Gasteiger partial charge in [-0.2, -0.15) is 5.10 Å². The Kier molecular flexibility index (Phi) is 4.87. The van der Waals surface area contributed by atoms with Crippen LogP contribution in [0.25, 0.3) is 0 Å². The molecule has 9 nitrogen and oxygen atoms in total. The molecule has 1 aromatic heterocycles. The maximum Gasteiger partial charge on any atom is 0.335 e. The molecule has 1 unspecified atom stereocenters. The van der Waals surface area contributed by atoms with Crippen molar-refractivity contribution in [1.29, 1.82) is 0 Å². The van der Waals surface area contributed by atoms with Gasteiger partial charge >= 0.3 is 12.0 Å². The third-order valence-electron chi connectivity index (χ3n) is 4.17. The lowest BCUT2D eigenvalue weighted by Gasteiger charge is -2.15. The summed E-state index contributed by atoms with van der Waals surface area (Å²) in [5.41, 5.74) is 1.66. The van der Waals surface area contributed by atoms with Crippen LogP contribution in [0.4, 0.5) is 10.5 Å². The molecule has 3 rings (SSSR count). The molecule has 0 saturated carbocycles. The SMILES string of the molecule is Cn1cc(N2CCC(NC(=O)NCc3ccc(C(=O)O)cc3)C2=O)cn1. The van der Waals surface area contributed by atoms with Crippen LogP contribution in [0.3, 0.4) is 0 Å². The molecule has 1 aromatic carbocycles. The van der Waals surface area contributed by atoms with Gasteiger partial charge in [-0.1, -0.05) is 12.1 Å². The van der Waals surface area contributed by atoms with Gasteiger partial charge in [0.05, 0.1) is 17.4 Å². The molecule has 26 heavy (non-hydrogen) atoms. The van der Waals surface area contributed by atoms with Crippen molar-refractivity contribution in [3.05, 3.63) is 47.8 Å². The largest absolute Gasteiger partial charge is 0.478 e. The van der Waals surface area contributed by atoms with Gasteiger partial charge in [-0.15, -0.1) is 0 Å². The van der Waals surface area contributed by atoms with Crippen molar-refractivity contribution in [1.82, 2.24) is 20.4 Å². The van der Waals surface area contributed by atoms with Crippen molar-refractivity contribution in [2.75, 3.05) is 11.4 Å². The highest BCUT2D eigenvalue weighted by atomic mass is 16.4. The minimum Gasteiger partial charge on any atom is -0.478 e. The number of aromatic nitrogens is 2. The average Bonchev–Trinajstić information content (AvgIpc) is 3.19. The monoisotopic (exact) mass is 357 g/mol. The van der Waals surface area contributed by atoms with Crippen LogP contribution in [-0.2, 0) is 18.4 Å². The van der Waals surface area contributed by atoms with Crippen molar-refractivity contribution in [3.63, 3.8) is 0 Å². The molecule has 2 aromatic rings. The summed E-state index contributed by atoms with van der Waals surface area (Å²) in [7, 11) is 1.77. The molecule has 1 saturated heterocycles. The lowest BCUT2D eigenvalue weighted by Crippen LogP contribution is -2.45. The number of carboxylic acid groups (broad SMARTS) is 1. The number of urea groups is 1. The van der Waals surface area contributed by atoms with E-state index < -0.39 is 18.0 Å². The maximum atomic E-state index is 12.4. The molecule has 9 heteroatoms. The van der Waals surface area contributed by atoms with E-state index in [0.717, 1.165) is 5.56 Å². The number of amides is 3. The quantitative estimate of drug-likeness (QED) is 0.729. The second-order valence-corrected chi connectivity index (χ2v) is 6.03. The number of carbonyl (C=O) groups excluding carboxylic acids is 2. The minimum atomic E-state index is -1.000. The zero-order chi connectivity index (χ0) is 18.7. The number of nitrogens with zero attached hydrogens (tertiary/aromatic N) is 3. The summed E-state index contributed by atoms with van der Waals surface area (Å²) in [6, 6.07) is 5.19. The first-order valence-electron chi connectivity index (χ1n) is 8.10. The summed E-state index contributed by atoms with van der Waals surface area (Å²) in [6.07, 6.45) is 3.89. The zero-order valence-electron chi connectivity index (χ0n) is 14.2. The summed E-state index contributed by atoms with van der Waals surface area (Å²) in [5, 5.41) is 18.3. The third-order valence-corrected chi connectivity index (χ3v) is 4.17. The summed E-state index contributed by atoms with van der Waals surface area (Å²) in [4.78, 5) is 36.9. The molecule has 1 aliphatic rings. The standard InChI is InChI=1S/C17H19N5O4/c1-21-10-13(9-19-21)22-7-6-14(15(22)23)20-17(26)18-8-11-2-4-12(5-3-11)16(24)25/h2-5,9-10,14H,6-8H2,1H3,(H,24,25)(H2,18,20,26). The van der Waals surface area contributed by atoms with Gasteiger partial charge in [-0.3, -0.25) is 9.48 Å². The van der Waals surface area contributed by atoms with E-state index in [1.807, 2.05) is 0 Å². The highest BCUT2D eigenvalue weighted by Crippen LogP contribution is 2.20. The highest BCUT2D eigenvalue weighted by molar-refractivity contribution is 6.01. The minimum absolute atomic E-state index is 0.168. The fraction of sp³-hybridized carbons (Fsp3) is 0.294. The van der Waals surface area contributed by atoms with Crippen LogP contribution in [0.5, 0.6) is 0 Å². The molecule has 1 aliphatic heterocycles. The van der Waals surface area contributed by atoms with Crippen LogP contribution in [0.2, 0.25) is 0 Å². The van der Waals surface area contributed by atoms with Crippen molar-refractivity contribution >= 4 is 23.6 Å². The fourth-order valence-electron chi connectivity index (χ4n) is 2.77. The van der Waals surface area contributed by atoms with Crippen LogP contribution in [0, 0.1) is 0 Å². The number of anilines is 1. The molecule has 0 bridgehead atoms. The molecule has 0 aliphatic carbocycles. The fourth-order valence-corrected chi connectivity index (χ4v) is 2.77. The molecule has 3 N–H and O–H groups in total. The number of benzene rings is 1. The van der Waals surface area contributed by atoms with Crippen LogP contribution in [0.1, 0.15) is 22.3 Å². The maximum absolute atomic E-state index is 12.4. The molecular formula is C17H19N5O4. The van der Waals surface area contributed by atoms with E-state index in [-0.39, 0.29) is 18.0 Å². The predicted molar refractivity (Wildman–Crippen MR) is 92.7 cm³/mol. The van der Waals surface area contributed by atoms with Gasteiger partial charge in [0.15, 0.2) is 0 Å². The Labute approximate surface area is 149 Å². The molecule has 136 valence electrons. The summed E-state index contributed by atoms with van der Waals surface area (Å²) < 4.78 is 1.62. The number of carbonyl (C=O) groups is 3. The summed E-state index contributed by atoms with van der Waals surface area (Å²) in [5.74, 6) is -1.17. The van der Waals surface area contributed by atoms with Gasteiger partial charge in [-0.25, -0.2) is 9.59 Å². The average molecular weight is 357 g/mol. The van der Waals surface area contributed by atoms with Crippen LogP contribution < -0.4 is 15.5 Å². The Bertz CT molecular complexity index is 830. The molecule has 2 heterocycles. The van der Waals surface area contributed by atoms with Crippen molar-refractivity contribution in [2.24, 2.45) is 7.05 Å². The van der Waals surface area contributed by atoms with E-state index in [4.69, 9.17) is 5.11 Å². The van der Waals surface area contributed by atoms with Gasteiger partial charge in [0.1, 0.15) is 6.04 Å². The number of rotatable bonds is 5. The van der Waals surface area contributed by atoms with E-state index in [2.05, 4.69) is 15.7 Å². The lowest BCUT2D eigenvalue weighted by atomic mass is 10.1. The van der Waals surface area contributed by atoms with E-state index in [1.54, 1.807) is 41.2 Å². The Morgan fingerprint density at radius 3 is 2.65 bits per heavy atom. The molecular weight excluding hydrogens is 338 g/mol. The molecule has 1 fully saturated rings. The van der Waals surface area contributed by atoms with Crippen molar-refractivity contribution in [2.45, 2.75) is 19.0 Å². The van der Waals surface area contributed by atoms with Gasteiger partial charge in [-0.05, 0) is 24.1 Å². The first-order valence-corrected chi connectivity index (χ1v) is 8.10. The molecule has 1 atom stereocenters. The second-order valence-electron chi connectivity index (χ2n) is 6.03. The first kappa shape index (κ1) is 17.5. The number of aryl methyl sites for hydroxylation is 1. The first-order chi connectivity index (χ1) is 12.4. The Morgan fingerprint density at radius 1 is 1.31 bits per heavy atom. The van der Waals surface area contributed by atoms with Crippen LogP contribution in [0.15, 0.2) is 36.7 Å². The van der Waals surface area contributed by atoms with Crippen LogP contribution in [-0.4, -0.2) is 45.4 Å². The van der Waals surface area contributed by atoms with Gasteiger partial charge in [0, 0.05) is 26.3 Å². The Balaban J connectivity index is 1.50. The van der Waals surface area contributed by atoms with Crippen LogP contribution >= 0.6 is 0 Å². The number of hydrogen-bond acceptors (Lipinski definition) is 4. The highest BCUT2D eigenvalue weighted by Gasteiger charge is 2.34. The van der Waals surface area contributed by atoms with Crippen molar-refractivity contribution in [3.8, 4) is 0 Å². The third kappa shape index (κ3) is 3.82. The van der Waals surface area contributed by atoms with Gasteiger partial charge in [0.25, 0.3) is 0 Å². The lowest BCUT2D eigenvalue weighted by molar-refractivity contribution is -0.118. The summed E-state index contributed by atoms with van der Waals surface area (Å²) in [6.45, 7) is 0.755. The molecule has 0 spiro atoms. The predicted octanol–water partition coefficient (Wildman–Crippen LogP) is 0.723. The molecule has 3 amide bonds. The van der Waals surface area contributed by atoms with E-state index >= 15 is 0 Å². The zero-order valence-corrected chi connectivity index (χ0v) is 14.2.